The van der Waals surface area contributed by atoms with Gasteiger partial charge in [0.15, 0.2) is 10.9 Å². The average Bonchev–Trinajstić information content (AvgIpc) is 2.72. The lowest BCUT2D eigenvalue weighted by molar-refractivity contribution is 0.102. The van der Waals surface area contributed by atoms with Crippen molar-refractivity contribution < 1.29 is 4.79 Å². The largest absolute Gasteiger partial charge is 0.293 e. The van der Waals surface area contributed by atoms with Gasteiger partial charge in [-0.1, -0.05) is 83.5 Å². The summed E-state index contributed by atoms with van der Waals surface area (Å²) in [4.78, 5) is 21.9. The van der Waals surface area contributed by atoms with Gasteiger partial charge in [0.05, 0.1) is 22.0 Å². The molecule has 0 aliphatic heterocycles. The number of fused-ring (bicyclic) bond motifs is 1. The van der Waals surface area contributed by atoms with Crippen LogP contribution in [0, 0.1) is 0 Å². The van der Waals surface area contributed by atoms with Crippen LogP contribution in [0.1, 0.15) is 10.4 Å². The zero-order valence-corrected chi connectivity index (χ0v) is 16.9. The minimum absolute atomic E-state index is 0.0929. The summed E-state index contributed by atoms with van der Waals surface area (Å²) in [6.45, 7) is 0. The maximum absolute atomic E-state index is 12.6. The average molecular weight is 425 g/mol. The van der Waals surface area contributed by atoms with Crippen molar-refractivity contribution in [2.24, 2.45) is 0 Å². The molecule has 6 heteroatoms. The summed E-state index contributed by atoms with van der Waals surface area (Å²) in [5.74, 6) is 0.0955. The fourth-order valence-electron chi connectivity index (χ4n) is 2.86. The quantitative estimate of drug-likeness (QED) is 0.206. The highest BCUT2D eigenvalue weighted by molar-refractivity contribution is 7.99. The molecule has 4 rings (SSSR count). The van der Waals surface area contributed by atoms with E-state index in [0.717, 1.165) is 22.2 Å². The number of rotatable bonds is 5. The highest BCUT2D eigenvalue weighted by atomic mass is 35.5. The third-order valence-electron chi connectivity index (χ3n) is 4.19. The molecule has 0 N–H and O–H groups in total. The van der Waals surface area contributed by atoms with Gasteiger partial charge in [-0.05, 0) is 24.3 Å². The maximum Gasteiger partial charge on any atom is 0.189 e. The van der Waals surface area contributed by atoms with Crippen molar-refractivity contribution in [2.75, 3.05) is 5.75 Å². The Labute approximate surface area is 176 Å². The van der Waals surface area contributed by atoms with Gasteiger partial charge < -0.3 is 0 Å². The predicted octanol–water partition coefficient (Wildman–Crippen LogP) is 6.58. The molecule has 0 atom stereocenters. The van der Waals surface area contributed by atoms with Crippen molar-refractivity contribution in [3.8, 4) is 11.3 Å². The number of nitrogens with zero attached hydrogens (tertiary/aromatic N) is 2. The van der Waals surface area contributed by atoms with Gasteiger partial charge in [-0.3, -0.25) is 4.79 Å². The molecule has 0 aliphatic carbocycles. The van der Waals surface area contributed by atoms with E-state index in [-0.39, 0.29) is 11.5 Å². The molecule has 0 bridgehead atoms. The van der Waals surface area contributed by atoms with E-state index in [9.17, 15) is 4.79 Å². The molecule has 3 aromatic carbocycles. The predicted molar refractivity (Wildman–Crippen MR) is 116 cm³/mol. The number of carbonyl (C=O) groups excluding carboxylic acids is 1. The van der Waals surface area contributed by atoms with Crippen LogP contribution >= 0.6 is 35.0 Å². The van der Waals surface area contributed by atoms with E-state index in [2.05, 4.69) is 4.98 Å². The Morgan fingerprint density at radius 3 is 2.43 bits per heavy atom. The van der Waals surface area contributed by atoms with Gasteiger partial charge in [-0.25, -0.2) is 9.97 Å². The molecule has 28 heavy (non-hydrogen) atoms. The van der Waals surface area contributed by atoms with Crippen molar-refractivity contribution in [1.29, 1.82) is 0 Å². The second-order valence-electron chi connectivity index (χ2n) is 6.07. The number of benzene rings is 3. The van der Waals surface area contributed by atoms with Gasteiger partial charge in [0.1, 0.15) is 0 Å². The van der Waals surface area contributed by atoms with Gasteiger partial charge in [-0.15, -0.1) is 0 Å². The van der Waals surface area contributed by atoms with E-state index in [4.69, 9.17) is 28.2 Å². The summed E-state index contributed by atoms with van der Waals surface area (Å²) >= 11 is 13.3. The van der Waals surface area contributed by atoms with Crippen LogP contribution in [0.2, 0.25) is 10.0 Å². The van der Waals surface area contributed by atoms with Crippen LogP contribution < -0.4 is 0 Å². The van der Waals surface area contributed by atoms with Crippen LogP contribution in [0.5, 0.6) is 0 Å². The fourth-order valence-corrected chi connectivity index (χ4v) is 4.11. The topological polar surface area (TPSA) is 42.9 Å². The molecule has 0 aliphatic rings. The van der Waals surface area contributed by atoms with Crippen LogP contribution in [-0.4, -0.2) is 21.5 Å². The molecule has 0 saturated heterocycles. The van der Waals surface area contributed by atoms with Crippen LogP contribution in [0.15, 0.2) is 78.0 Å². The lowest BCUT2D eigenvalue weighted by Crippen LogP contribution is -2.04. The van der Waals surface area contributed by atoms with E-state index >= 15 is 0 Å². The van der Waals surface area contributed by atoms with E-state index in [1.54, 1.807) is 18.2 Å². The van der Waals surface area contributed by atoms with Crippen molar-refractivity contribution >= 4 is 51.6 Å². The van der Waals surface area contributed by atoms with Crippen LogP contribution in [0.4, 0.5) is 0 Å². The third-order valence-corrected chi connectivity index (χ3v) is 5.59. The highest BCUT2D eigenvalue weighted by Crippen LogP contribution is 2.29. The fraction of sp³-hybridized carbons (Fsp3) is 0.0455. The molecule has 1 heterocycles. The minimum atomic E-state index is -0.0929. The van der Waals surface area contributed by atoms with Crippen LogP contribution in [0.3, 0.4) is 0 Å². The first-order chi connectivity index (χ1) is 13.6. The number of para-hydroxylation sites is 1. The van der Waals surface area contributed by atoms with Gasteiger partial charge in [0.25, 0.3) is 0 Å². The number of hydrogen-bond donors (Lipinski definition) is 0. The van der Waals surface area contributed by atoms with Crippen molar-refractivity contribution in [2.45, 2.75) is 5.16 Å². The molecule has 0 fully saturated rings. The summed E-state index contributed by atoms with van der Waals surface area (Å²) in [5.41, 5.74) is 3.15. The SMILES string of the molecule is O=C(CSc1nc(-c2ccccc2)c2ccccc2n1)c1ccc(Cl)cc1Cl. The second kappa shape index (κ2) is 8.31. The molecule has 4 aromatic rings. The van der Waals surface area contributed by atoms with E-state index < -0.39 is 0 Å². The Morgan fingerprint density at radius 1 is 0.893 bits per heavy atom. The Morgan fingerprint density at radius 2 is 1.64 bits per heavy atom. The first-order valence-corrected chi connectivity index (χ1v) is 10.3. The Kier molecular flexibility index (Phi) is 5.62. The molecule has 1 aromatic heterocycles. The molecule has 0 radical (unpaired) electrons. The molecule has 0 spiro atoms. The maximum atomic E-state index is 12.6. The van der Waals surface area contributed by atoms with Gasteiger partial charge in [-0.2, -0.15) is 0 Å². The summed E-state index contributed by atoms with van der Waals surface area (Å²) in [5, 5.41) is 2.38. The Balaban J connectivity index is 1.65. The number of halogens is 2. The number of Topliss-reactive ketones (excluding diaryl/α,β-unsaturated/α-hetero) is 1. The number of aromatic nitrogens is 2. The van der Waals surface area contributed by atoms with E-state index in [1.165, 1.54) is 11.8 Å². The first kappa shape index (κ1) is 18.9. The zero-order chi connectivity index (χ0) is 19.5. The van der Waals surface area contributed by atoms with Gasteiger partial charge in [0.2, 0.25) is 0 Å². The van der Waals surface area contributed by atoms with Gasteiger partial charge >= 0.3 is 0 Å². The molecule has 138 valence electrons. The van der Waals surface area contributed by atoms with Crippen LogP contribution in [-0.2, 0) is 0 Å². The lowest BCUT2D eigenvalue weighted by atomic mass is 10.1. The molecular formula is C22H14Cl2N2OS. The summed E-state index contributed by atoms with van der Waals surface area (Å²) in [6.07, 6.45) is 0. The smallest absolute Gasteiger partial charge is 0.189 e. The van der Waals surface area contributed by atoms with Crippen LogP contribution in [0.25, 0.3) is 22.2 Å². The molecule has 0 saturated carbocycles. The monoisotopic (exact) mass is 424 g/mol. The third kappa shape index (κ3) is 4.04. The Hall–Kier alpha value is -2.40. The highest BCUT2D eigenvalue weighted by Gasteiger charge is 2.14. The van der Waals surface area contributed by atoms with Crippen molar-refractivity contribution in [1.82, 2.24) is 9.97 Å². The minimum Gasteiger partial charge on any atom is -0.293 e. The summed E-state index contributed by atoms with van der Waals surface area (Å²) in [7, 11) is 0. The van der Waals surface area contributed by atoms with Crippen molar-refractivity contribution in [3.05, 3.63) is 88.4 Å². The molecular weight excluding hydrogens is 411 g/mol. The Bertz CT molecular complexity index is 1170. The summed E-state index contributed by atoms with van der Waals surface area (Å²) in [6, 6.07) is 22.7. The zero-order valence-electron chi connectivity index (χ0n) is 14.6. The molecule has 0 amide bonds. The molecule has 0 unspecified atom stereocenters. The number of hydrogen-bond acceptors (Lipinski definition) is 4. The second-order valence-corrected chi connectivity index (χ2v) is 7.86. The number of ketones is 1. The number of carbonyl (C=O) groups is 1. The summed E-state index contributed by atoms with van der Waals surface area (Å²) < 4.78 is 0. The first-order valence-electron chi connectivity index (χ1n) is 8.55. The van der Waals surface area contributed by atoms with Crippen molar-refractivity contribution in [3.63, 3.8) is 0 Å². The van der Waals surface area contributed by atoms with E-state index in [0.29, 0.717) is 20.8 Å². The molecule has 3 nitrogen and oxygen atoms in total. The van der Waals surface area contributed by atoms with Gasteiger partial charge in [0, 0.05) is 21.5 Å². The van der Waals surface area contributed by atoms with E-state index in [1.807, 2.05) is 54.6 Å². The number of thioether (sulfide) groups is 1. The lowest BCUT2D eigenvalue weighted by Gasteiger charge is -2.09. The standard InChI is InChI=1S/C22H14Cl2N2OS/c23-15-10-11-16(18(24)12-15)20(27)13-28-22-25-19-9-5-4-8-17(19)21(26-22)14-6-2-1-3-7-14/h1-12H,13H2. The normalized spacial score (nSPS) is 10.9.